The number of ether oxygens (including phenoxy) is 2. The van der Waals surface area contributed by atoms with E-state index in [2.05, 4.69) is 61.3 Å². The Labute approximate surface area is 259 Å². The first-order valence-corrected chi connectivity index (χ1v) is 15.8. The molecule has 9 nitrogen and oxygen atoms in total. The minimum atomic E-state index is -0.618. The standard InChI is InChI=1S/C35H40N4O5.H2/c1-21-17-38(18-22-4-8-28-23(14-22)5-9-29(36-28)24-12-13-43-35(2,3)16-24)20-31(21)44-26-6-7-27-25(15-26)19-39(34(27)42)30-10-11-32(40)37-33(30)41;/h4-9,14-15,21,24,30-31H,10-13,16-20H2,1-3H3,(H,37,40,41);1H/t21-,24-,30+,31-;/m1./s1. The molecule has 0 spiro atoms. The molecule has 4 aliphatic rings. The lowest BCUT2D eigenvalue weighted by atomic mass is 9.86. The third-order valence-electron chi connectivity index (χ3n) is 9.70. The summed E-state index contributed by atoms with van der Waals surface area (Å²) >= 11 is 0. The zero-order chi connectivity index (χ0) is 30.6. The maximum absolute atomic E-state index is 13.0. The van der Waals surface area contributed by atoms with Crippen LogP contribution in [0.15, 0.2) is 48.5 Å². The van der Waals surface area contributed by atoms with Gasteiger partial charge in [-0.1, -0.05) is 19.1 Å². The van der Waals surface area contributed by atoms with E-state index >= 15 is 0 Å². The Morgan fingerprint density at radius 3 is 2.75 bits per heavy atom. The lowest BCUT2D eigenvalue weighted by molar-refractivity contribution is -0.136. The molecule has 0 unspecified atom stereocenters. The highest BCUT2D eigenvalue weighted by atomic mass is 16.5. The van der Waals surface area contributed by atoms with E-state index in [1.165, 1.54) is 5.56 Å². The average molecular weight is 599 g/mol. The van der Waals surface area contributed by atoms with Gasteiger partial charge in [-0.15, -0.1) is 0 Å². The second kappa shape index (κ2) is 11.3. The van der Waals surface area contributed by atoms with Crippen LogP contribution in [0.3, 0.4) is 0 Å². The molecule has 4 atom stereocenters. The molecule has 0 radical (unpaired) electrons. The second-order valence-corrected chi connectivity index (χ2v) is 13.6. The van der Waals surface area contributed by atoms with Gasteiger partial charge >= 0.3 is 0 Å². The summed E-state index contributed by atoms with van der Waals surface area (Å²) in [7, 11) is 0. The summed E-state index contributed by atoms with van der Waals surface area (Å²) in [6, 6.07) is 16.0. The Kier molecular flexibility index (Phi) is 7.41. The number of hydrogen-bond acceptors (Lipinski definition) is 7. The van der Waals surface area contributed by atoms with Gasteiger partial charge < -0.3 is 14.4 Å². The summed E-state index contributed by atoms with van der Waals surface area (Å²) in [4.78, 5) is 46.0. The van der Waals surface area contributed by atoms with Crippen LogP contribution in [0.4, 0.5) is 0 Å². The van der Waals surface area contributed by atoms with Crippen molar-refractivity contribution in [3.63, 3.8) is 0 Å². The predicted molar refractivity (Wildman–Crippen MR) is 167 cm³/mol. The smallest absolute Gasteiger partial charge is 0.255 e. The SMILES string of the molecule is C[C@@H]1CN(Cc2ccc3nc([C@@H]4CCOC(C)(C)C4)ccc3c2)C[C@H]1Oc1ccc2c(c1)CN([C@H]1CCC(=O)NC1=O)C2=O.[HH]. The van der Waals surface area contributed by atoms with Crippen LogP contribution in [-0.4, -0.2) is 69.9 Å². The van der Waals surface area contributed by atoms with Crippen molar-refractivity contribution in [2.45, 2.75) is 83.2 Å². The highest BCUT2D eigenvalue weighted by Crippen LogP contribution is 2.36. The molecule has 3 fully saturated rings. The molecule has 1 aromatic heterocycles. The number of piperidine rings is 1. The van der Waals surface area contributed by atoms with Crippen LogP contribution in [0.2, 0.25) is 0 Å². The number of rotatable bonds is 6. The number of amides is 3. The van der Waals surface area contributed by atoms with Crippen molar-refractivity contribution in [3.05, 3.63) is 70.9 Å². The zero-order valence-electron chi connectivity index (χ0n) is 25.7. The third-order valence-corrected chi connectivity index (χ3v) is 9.70. The average Bonchev–Trinajstić information content (AvgIpc) is 3.49. The summed E-state index contributed by atoms with van der Waals surface area (Å²) in [6.07, 6.45) is 2.63. The Bertz CT molecular complexity index is 1640. The molecule has 44 heavy (non-hydrogen) atoms. The number of pyridine rings is 1. The number of likely N-dealkylation sites (tertiary alicyclic amines) is 1. The lowest BCUT2D eigenvalue weighted by Crippen LogP contribution is -2.52. The summed E-state index contributed by atoms with van der Waals surface area (Å²) in [5.41, 5.74) is 4.81. The number of hydrogen-bond donors (Lipinski definition) is 1. The van der Waals surface area contributed by atoms with E-state index in [9.17, 15) is 14.4 Å². The van der Waals surface area contributed by atoms with E-state index in [1.54, 1.807) is 11.0 Å². The Morgan fingerprint density at radius 1 is 1.07 bits per heavy atom. The van der Waals surface area contributed by atoms with Crippen molar-refractivity contribution in [2.24, 2.45) is 5.92 Å². The van der Waals surface area contributed by atoms with Gasteiger partial charge in [0.25, 0.3) is 5.91 Å². The molecular formula is C35H42N4O5. The van der Waals surface area contributed by atoms with Gasteiger partial charge in [0.05, 0.1) is 11.1 Å². The van der Waals surface area contributed by atoms with Gasteiger partial charge in [-0.05, 0) is 80.6 Å². The van der Waals surface area contributed by atoms with E-state index < -0.39 is 11.9 Å². The van der Waals surface area contributed by atoms with E-state index in [0.29, 0.717) is 30.4 Å². The van der Waals surface area contributed by atoms with Gasteiger partial charge in [0.2, 0.25) is 11.8 Å². The molecule has 232 valence electrons. The van der Waals surface area contributed by atoms with Gasteiger partial charge in [-0.2, -0.15) is 0 Å². The van der Waals surface area contributed by atoms with E-state index in [4.69, 9.17) is 14.5 Å². The van der Waals surface area contributed by atoms with Crippen LogP contribution >= 0.6 is 0 Å². The third kappa shape index (κ3) is 5.71. The Morgan fingerprint density at radius 2 is 1.93 bits per heavy atom. The number of nitrogens with zero attached hydrogens (tertiary/aromatic N) is 3. The fourth-order valence-electron chi connectivity index (χ4n) is 7.37. The molecule has 7 rings (SSSR count). The maximum atomic E-state index is 13.0. The van der Waals surface area contributed by atoms with Crippen molar-refractivity contribution in [1.29, 1.82) is 0 Å². The molecule has 4 aliphatic heterocycles. The number of benzene rings is 2. The van der Waals surface area contributed by atoms with Crippen LogP contribution in [0.1, 0.15) is 81.0 Å². The molecular weight excluding hydrogens is 556 g/mol. The largest absolute Gasteiger partial charge is 0.489 e. The number of carbonyl (C=O) groups is 3. The summed E-state index contributed by atoms with van der Waals surface area (Å²) < 4.78 is 12.4. The number of aromatic nitrogens is 1. The molecule has 3 aromatic rings. The van der Waals surface area contributed by atoms with Gasteiger partial charge in [-0.25, -0.2) is 0 Å². The molecule has 3 saturated heterocycles. The first kappa shape index (κ1) is 28.9. The monoisotopic (exact) mass is 598 g/mol. The van der Waals surface area contributed by atoms with Crippen molar-refractivity contribution < 1.29 is 25.3 Å². The lowest BCUT2D eigenvalue weighted by Gasteiger charge is -2.35. The normalized spacial score (nSPS) is 27.1. The minimum Gasteiger partial charge on any atom is -0.489 e. The van der Waals surface area contributed by atoms with E-state index in [1.807, 2.05) is 12.1 Å². The first-order chi connectivity index (χ1) is 21.1. The second-order valence-electron chi connectivity index (χ2n) is 13.6. The summed E-state index contributed by atoms with van der Waals surface area (Å²) in [5.74, 6) is 0.661. The maximum Gasteiger partial charge on any atom is 0.255 e. The fraction of sp³-hybridized carbons (Fsp3) is 0.486. The minimum absolute atomic E-state index is 0. The zero-order valence-corrected chi connectivity index (χ0v) is 25.7. The van der Waals surface area contributed by atoms with Crippen molar-refractivity contribution in [2.75, 3.05) is 19.7 Å². The highest BCUT2D eigenvalue weighted by molar-refractivity contribution is 6.05. The predicted octanol–water partition coefficient (Wildman–Crippen LogP) is 4.81. The molecule has 1 N–H and O–H groups in total. The number of carbonyl (C=O) groups excluding carboxylic acids is 3. The fourth-order valence-corrected chi connectivity index (χ4v) is 7.37. The van der Waals surface area contributed by atoms with Gasteiger partial charge in [0.15, 0.2) is 0 Å². The van der Waals surface area contributed by atoms with E-state index in [0.717, 1.165) is 67.0 Å². The van der Waals surface area contributed by atoms with Gasteiger partial charge in [0, 0.05) is 69.1 Å². The molecule has 5 heterocycles. The van der Waals surface area contributed by atoms with Gasteiger partial charge in [0.1, 0.15) is 17.9 Å². The molecule has 2 aromatic carbocycles. The van der Waals surface area contributed by atoms with Gasteiger partial charge in [-0.3, -0.25) is 29.6 Å². The molecule has 0 aliphatic carbocycles. The van der Waals surface area contributed by atoms with Crippen LogP contribution in [0.25, 0.3) is 10.9 Å². The molecule has 3 amide bonds. The Hall–Kier alpha value is -3.82. The molecule has 9 heteroatoms. The number of nitrogens with one attached hydrogen (secondary N) is 1. The van der Waals surface area contributed by atoms with Crippen molar-refractivity contribution in [1.82, 2.24) is 20.1 Å². The molecule has 0 saturated carbocycles. The van der Waals surface area contributed by atoms with Crippen LogP contribution in [0.5, 0.6) is 5.75 Å². The van der Waals surface area contributed by atoms with E-state index in [-0.39, 0.29) is 31.4 Å². The Balaban J connectivity index is 0.00000357. The summed E-state index contributed by atoms with van der Waals surface area (Å²) in [5, 5.41) is 3.52. The quantitative estimate of drug-likeness (QED) is 0.407. The van der Waals surface area contributed by atoms with Crippen LogP contribution < -0.4 is 10.1 Å². The first-order valence-electron chi connectivity index (χ1n) is 15.8. The molecule has 0 bridgehead atoms. The summed E-state index contributed by atoms with van der Waals surface area (Å²) in [6.45, 7) is 10.3. The number of imide groups is 1. The highest BCUT2D eigenvalue weighted by Gasteiger charge is 2.39. The number of fused-ring (bicyclic) bond motifs is 2. The topological polar surface area (TPSA) is 101 Å². The van der Waals surface area contributed by atoms with Crippen molar-refractivity contribution >= 4 is 28.6 Å². The van der Waals surface area contributed by atoms with Crippen LogP contribution in [-0.2, 0) is 27.4 Å². The van der Waals surface area contributed by atoms with Crippen molar-refractivity contribution in [3.8, 4) is 5.75 Å². The van der Waals surface area contributed by atoms with Crippen LogP contribution in [0, 0.1) is 5.92 Å².